The van der Waals surface area contributed by atoms with Crippen molar-refractivity contribution in [2.75, 3.05) is 26.9 Å². The number of ether oxygens (including phenoxy) is 2. The lowest BCUT2D eigenvalue weighted by molar-refractivity contribution is -0.387. The molecule has 3 aromatic rings. The molecule has 0 spiro atoms. The quantitative estimate of drug-likeness (QED) is 0.105. The number of hydrogen-bond donors (Lipinski definition) is 3. The Hall–Kier alpha value is -4.64. The van der Waals surface area contributed by atoms with Crippen molar-refractivity contribution < 1.29 is 37.5 Å². The summed E-state index contributed by atoms with van der Waals surface area (Å²) in [6.45, 7) is 0.287. The fourth-order valence-electron chi connectivity index (χ4n) is 3.54. The van der Waals surface area contributed by atoms with Crippen LogP contribution >= 0.6 is 0 Å². The molecule has 2 aromatic heterocycles. The van der Waals surface area contributed by atoms with E-state index in [0.29, 0.717) is 29.8 Å². The molecule has 2 heterocycles. The van der Waals surface area contributed by atoms with Gasteiger partial charge >= 0.3 is 23.4 Å². The van der Waals surface area contributed by atoms with Crippen molar-refractivity contribution in [3.8, 4) is 28.9 Å². The summed E-state index contributed by atoms with van der Waals surface area (Å²) in [7, 11) is -1.01. The van der Waals surface area contributed by atoms with E-state index >= 15 is 0 Å². The van der Waals surface area contributed by atoms with Gasteiger partial charge in [0, 0.05) is 38.3 Å². The molecule has 41 heavy (non-hydrogen) atoms. The number of benzene rings is 1. The van der Waals surface area contributed by atoms with E-state index in [1.165, 1.54) is 23.2 Å². The first kappa shape index (κ1) is 30.9. The number of nitro groups is 1. The number of amides is 1. The summed E-state index contributed by atoms with van der Waals surface area (Å²) < 4.78 is 35.8. The summed E-state index contributed by atoms with van der Waals surface area (Å²) in [5, 5.41) is 20.8. The number of unbranched alkanes of at least 4 members (excludes halogenated alkanes) is 1. The molecule has 0 saturated heterocycles. The van der Waals surface area contributed by atoms with Gasteiger partial charge in [-0.25, -0.2) is 18.2 Å². The van der Waals surface area contributed by atoms with E-state index < -0.39 is 49.4 Å². The van der Waals surface area contributed by atoms with Gasteiger partial charge in [-0.3, -0.25) is 14.9 Å². The summed E-state index contributed by atoms with van der Waals surface area (Å²) in [5.41, 5.74) is 5.37. The standard InChI is InChI=1S/C24H29N7O9S/c1-30(2)18(32)12-14-10-15(20-26-8-9-27-20)13-16(11-14)39-21-19(31(35)36)22(29-24(28-21)41(3,37)38)40-17(23(33)34)6-4-5-7-25/h8-11,13,17H,4-7,12,25H2,1-3H3,(H,26,27)(H,33,34). The number of carboxylic acid groups (broad SMARTS) is 1. The van der Waals surface area contributed by atoms with E-state index in [1.807, 2.05) is 0 Å². The fraction of sp³-hybridized carbons (Fsp3) is 0.375. The summed E-state index contributed by atoms with van der Waals surface area (Å²) in [5.74, 6) is -3.05. The smallest absolute Gasteiger partial charge is 0.392 e. The third-order valence-electron chi connectivity index (χ3n) is 5.57. The van der Waals surface area contributed by atoms with E-state index in [2.05, 4.69) is 19.9 Å². The van der Waals surface area contributed by atoms with Gasteiger partial charge in [-0.1, -0.05) is 0 Å². The Morgan fingerprint density at radius 2 is 1.90 bits per heavy atom. The van der Waals surface area contributed by atoms with E-state index in [9.17, 15) is 33.2 Å². The normalized spacial score (nSPS) is 12.0. The Bertz CT molecular complexity index is 1530. The third-order valence-corrected chi connectivity index (χ3v) is 6.42. The van der Waals surface area contributed by atoms with Gasteiger partial charge in [0.2, 0.25) is 15.7 Å². The Kier molecular flexibility index (Phi) is 9.90. The molecule has 0 aliphatic heterocycles. The molecule has 0 fully saturated rings. The number of nitrogens with one attached hydrogen (secondary N) is 1. The molecular weight excluding hydrogens is 562 g/mol. The van der Waals surface area contributed by atoms with E-state index in [-0.39, 0.29) is 31.0 Å². The van der Waals surface area contributed by atoms with Gasteiger partial charge in [0.15, 0.2) is 6.10 Å². The van der Waals surface area contributed by atoms with Crippen LogP contribution in [0.25, 0.3) is 11.4 Å². The fourth-order valence-corrected chi connectivity index (χ4v) is 4.04. The molecule has 0 aliphatic rings. The van der Waals surface area contributed by atoms with E-state index in [0.717, 1.165) is 6.26 Å². The number of aliphatic carboxylic acids is 1. The zero-order chi connectivity index (χ0) is 30.3. The number of carbonyl (C=O) groups excluding carboxylic acids is 1. The van der Waals surface area contributed by atoms with Crippen molar-refractivity contribution in [3.63, 3.8) is 0 Å². The average Bonchev–Trinajstić information content (AvgIpc) is 3.42. The van der Waals surface area contributed by atoms with E-state index in [4.69, 9.17) is 15.2 Å². The number of H-pyrrole nitrogens is 1. The van der Waals surface area contributed by atoms with Crippen molar-refractivity contribution in [1.29, 1.82) is 0 Å². The van der Waals surface area contributed by atoms with Crippen molar-refractivity contribution >= 4 is 27.4 Å². The first-order valence-electron chi connectivity index (χ1n) is 12.2. The number of aromatic nitrogens is 4. The molecule has 1 aromatic carbocycles. The van der Waals surface area contributed by atoms with Crippen LogP contribution in [0.2, 0.25) is 0 Å². The monoisotopic (exact) mass is 591 g/mol. The number of nitrogens with zero attached hydrogens (tertiary/aromatic N) is 5. The Morgan fingerprint density at radius 3 is 2.46 bits per heavy atom. The largest absolute Gasteiger partial charge is 0.479 e. The molecule has 0 saturated carbocycles. The van der Waals surface area contributed by atoms with Gasteiger partial charge in [0.1, 0.15) is 11.6 Å². The highest BCUT2D eigenvalue weighted by Gasteiger charge is 2.34. The highest BCUT2D eigenvalue weighted by molar-refractivity contribution is 7.90. The lowest BCUT2D eigenvalue weighted by atomic mass is 10.1. The Morgan fingerprint density at radius 1 is 1.20 bits per heavy atom. The predicted molar refractivity (Wildman–Crippen MR) is 143 cm³/mol. The van der Waals surface area contributed by atoms with Gasteiger partial charge < -0.3 is 30.2 Å². The summed E-state index contributed by atoms with van der Waals surface area (Å²) in [6.07, 6.45) is 2.88. The van der Waals surface area contributed by atoms with Crippen LogP contribution < -0.4 is 15.2 Å². The minimum Gasteiger partial charge on any atom is -0.479 e. The molecule has 16 nitrogen and oxygen atoms in total. The van der Waals surface area contributed by atoms with Crippen LogP contribution in [0.1, 0.15) is 24.8 Å². The second-order valence-electron chi connectivity index (χ2n) is 9.09. The molecule has 0 radical (unpaired) electrons. The highest BCUT2D eigenvalue weighted by atomic mass is 32.2. The van der Waals surface area contributed by atoms with Crippen LogP contribution in [0.3, 0.4) is 0 Å². The van der Waals surface area contributed by atoms with Crippen molar-refractivity contribution in [2.24, 2.45) is 5.73 Å². The van der Waals surface area contributed by atoms with Gasteiger partial charge in [-0.2, -0.15) is 9.97 Å². The number of carboxylic acids is 1. The maximum atomic E-state index is 12.4. The average molecular weight is 592 g/mol. The zero-order valence-corrected chi connectivity index (χ0v) is 23.3. The molecule has 4 N–H and O–H groups in total. The number of hydrogen-bond acceptors (Lipinski definition) is 12. The van der Waals surface area contributed by atoms with Crippen molar-refractivity contribution in [2.45, 2.75) is 36.9 Å². The Labute approximate surface area is 234 Å². The van der Waals surface area contributed by atoms with Crippen molar-refractivity contribution in [3.05, 3.63) is 46.3 Å². The second-order valence-corrected chi connectivity index (χ2v) is 11.0. The predicted octanol–water partition coefficient (Wildman–Crippen LogP) is 1.56. The molecule has 17 heteroatoms. The number of aromatic amines is 1. The highest BCUT2D eigenvalue weighted by Crippen LogP contribution is 2.39. The Balaban J connectivity index is 2.16. The lowest BCUT2D eigenvalue weighted by Crippen LogP contribution is -2.28. The number of rotatable bonds is 14. The van der Waals surface area contributed by atoms with Gasteiger partial charge in [0.25, 0.3) is 5.16 Å². The van der Waals surface area contributed by atoms with Crippen LogP contribution in [-0.4, -0.2) is 88.2 Å². The molecular formula is C24H29N7O9S. The van der Waals surface area contributed by atoms with Crippen LogP contribution in [0.15, 0.2) is 35.7 Å². The first-order valence-corrected chi connectivity index (χ1v) is 14.1. The third kappa shape index (κ3) is 8.18. The van der Waals surface area contributed by atoms with Crippen LogP contribution in [0.5, 0.6) is 17.5 Å². The number of nitrogens with two attached hydrogens (primary N) is 1. The maximum absolute atomic E-state index is 12.4. The molecule has 0 aliphatic carbocycles. The zero-order valence-electron chi connectivity index (χ0n) is 22.4. The summed E-state index contributed by atoms with van der Waals surface area (Å²) in [4.78, 5) is 51.2. The van der Waals surface area contributed by atoms with Crippen LogP contribution in [0, 0.1) is 10.1 Å². The first-order chi connectivity index (χ1) is 19.3. The number of imidazole rings is 1. The molecule has 220 valence electrons. The number of sulfone groups is 1. The molecule has 0 bridgehead atoms. The topological polar surface area (TPSA) is 234 Å². The number of carbonyl (C=O) groups is 2. The van der Waals surface area contributed by atoms with Gasteiger partial charge in [-0.05, 0) is 49.6 Å². The van der Waals surface area contributed by atoms with E-state index in [1.54, 1.807) is 26.4 Å². The molecule has 1 unspecified atom stereocenters. The van der Waals surface area contributed by atoms with Crippen molar-refractivity contribution in [1.82, 2.24) is 24.8 Å². The molecule has 3 rings (SSSR count). The lowest BCUT2D eigenvalue weighted by Gasteiger charge is -2.16. The van der Waals surface area contributed by atoms with Crippen LogP contribution in [0.4, 0.5) is 5.69 Å². The summed E-state index contributed by atoms with van der Waals surface area (Å²) >= 11 is 0. The van der Waals surface area contributed by atoms with Crippen LogP contribution in [-0.2, 0) is 25.8 Å². The molecule has 1 amide bonds. The molecule has 1 atom stereocenters. The summed E-state index contributed by atoms with van der Waals surface area (Å²) in [6, 6.07) is 4.53. The van der Waals surface area contributed by atoms with Gasteiger partial charge in [0.05, 0.1) is 11.3 Å². The number of likely N-dealkylation sites (N-methyl/N-ethyl adjacent to an activating group) is 1. The minimum absolute atomic E-state index is 0.0506. The second kappa shape index (κ2) is 13.1. The SMILES string of the molecule is CN(C)C(=O)Cc1cc(Oc2nc(S(C)(=O)=O)nc(OC(CCCCN)C(=O)O)c2[N+](=O)[O-])cc(-c2ncc[nH]2)c1. The minimum atomic E-state index is -4.17. The van der Waals surface area contributed by atoms with Gasteiger partial charge in [-0.15, -0.1) is 0 Å². The maximum Gasteiger partial charge on any atom is 0.392 e.